The van der Waals surface area contributed by atoms with Crippen molar-refractivity contribution in [2.24, 2.45) is 0 Å². The van der Waals surface area contributed by atoms with E-state index in [0.29, 0.717) is 0 Å². The molecule has 0 fully saturated rings. The van der Waals surface area contributed by atoms with Crippen LogP contribution in [0.4, 0.5) is 17.1 Å². The third-order valence-electron chi connectivity index (χ3n) is 13.8. The number of nitrogens with zero attached hydrogens (tertiary/aromatic N) is 1. The Hall–Kier alpha value is -7.20. The van der Waals surface area contributed by atoms with E-state index in [2.05, 4.69) is 229 Å². The summed E-state index contributed by atoms with van der Waals surface area (Å²) in [5, 5.41) is 9.74. The lowest BCUT2D eigenvalue weighted by atomic mass is 9.64. The second kappa shape index (κ2) is 12.2. The number of fused-ring (bicyclic) bond motifs is 12. The van der Waals surface area contributed by atoms with Crippen molar-refractivity contribution < 1.29 is 0 Å². The van der Waals surface area contributed by atoms with E-state index >= 15 is 0 Å². The molecule has 0 bridgehead atoms. The van der Waals surface area contributed by atoms with E-state index in [1.165, 1.54) is 99.0 Å². The van der Waals surface area contributed by atoms with Gasteiger partial charge in [0.2, 0.25) is 0 Å². The van der Waals surface area contributed by atoms with Crippen LogP contribution in [0.5, 0.6) is 0 Å². The van der Waals surface area contributed by atoms with Crippen LogP contribution < -0.4 is 31.0 Å². The summed E-state index contributed by atoms with van der Waals surface area (Å²) in [6.45, 7) is 0. The maximum Gasteiger partial charge on any atom is 0.180 e. The highest BCUT2D eigenvalue weighted by Crippen LogP contribution is 2.66. The summed E-state index contributed by atoms with van der Waals surface area (Å²) in [4.78, 5) is 2.55. The third-order valence-corrected chi connectivity index (χ3v) is 18.6. The van der Waals surface area contributed by atoms with Gasteiger partial charge in [-0.1, -0.05) is 194 Å². The molecular weight excluding hydrogens is 729 g/mol. The zero-order valence-corrected chi connectivity index (χ0v) is 33.3. The Morgan fingerprint density at radius 2 is 0.983 bits per heavy atom. The number of nitrogens with one attached hydrogen (secondary N) is 1. The molecule has 13 rings (SSSR count). The first kappa shape index (κ1) is 32.8. The van der Waals surface area contributed by atoms with Crippen LogP contribution in [0.25, 0.3) is 33.4 Å². The standard InChI is InChI=1S/C56H38N2Si/c1-4-17-37(18-5-1)55-57-50-28-16-27-48-54(50)58(55)51-29-14-13-26-47(51)56(48)46-25-12-10-23-42(46)43-33-31-39(36-49(43)56)38-32-34-53-45(35-38)44-24-11-15-30-52(44)59(53,40-19-6-2-7-20-40)41-21-8-3-9-22-41/h1-36,55,57H. The van der Waals surface area contributed by atoms with Gasteiger partial charge in [-0.2, -0.15) is 0 Å². The van der Waals surface area contributed by atoms with E-state index in [1.54, 1.807) is 0 Å². The Kier molecular flexibility index (Phi) is 6.77. The van der Waals surface area contributed by atoms with Crippen LogP contribution in [0.2, 0.25) is 0 Å². The van der Waals surface area contributed by atoms with Crippen LogP contribution in [-0.2, 0) is 5.41 Å². The highest BCUT2D eigenvalue weighted by atomic mass is 28.3. The molecule has 4 aliphatic rings. The first-order chi connectivity index (χ1) is 29.3. The van der Waals surface area contributed by atoms with Crippen LogP contribution in [0.3, 0.4) is 0 Å². The van der Waals surface area contributed by atoms with Gasteiger partial charge in [-0.05, 0) is 106 Å². The first-order valence-corrected chi connectivity index (χ1v) is 22.7. The van der Waals surface area contributed by atoms with Crippen LogP contribution in [-0.4, -0.2) is 8.07 Å². The van der Waals surface area contributed by atoms with Crippen molar-refractivity contribution in [1.29, 1.82) is 0 Å². The van der Waals surface area contributed by atoms with Crippen LogP contribution in [0, 0.1) is 0 Å². The zero-order valence-electron chi connectivity index (χ0n) is 32.3. The molecule has 3 heteroatoms. The number of para-hydroxylation sites is 2. The van der Waals surface area contributed by atoms with Crippen LogP contribution >= 0.6 is 0 Å². The molecule has 276 valence electrons. The number of hydrogen-bond acceptors (Lipinski definition) is 2. The Labute approximate surface area is 345 Å². The number of benzene rings is 9. The molecule has 3 heterocycles. The molecule has 2 atom stereocenters. The number of hydrogen-bond donors (Lipinski definition) is 1. The molecule has 3 aliphatic heterocycles. The summed E-state index contributed by atoms with van der Waals surface area (Å²) in [5.41, 5.74) is 17.6. The second-order valence-corrected chi connectivity index (χ2v) is 20.1. The van der Waals surface area contributed by atoms with Crippen molar-refractivity contribution in [3.8, 4) is 33.4 Å². The molecule has 0 saturated carbocycles. The van der Waals surface area contributed by atoms with E-state index in [0.717, 1.165) is 0 Å². The zero-order chi connectivity index (χ0) is 38.7. The predicted molar refractivity (Wildman–Crippen MR) is 247 cm³/mol. The van der Waals surface area contributed by atoms with Crippen molar-refractivity contribution in [1.82, 2.24) is 0 Å². The number of anilines is 3. The minimum atomic E-state index is -2.57. The normalized spacial score (nSPS) is 18.0. The maximum atomic E-state index is 3.96. The largest absolute Gasteiger partial charge is 0.359 e. The predicted octanol–water partition coefficient (Wildman–Crippen LogP) is 10.7. The molecule has 1 aliphatic carbocycles. The Morgan fingerprint density at radius 1 is 0.407 bits per heavy atom. The lowest BCUT2D eigenvalue weighted by molar-refractivity contribution is 0.720. The van der Waals surface area contributed by atoms with Gasteiger partial charge in [0.15, 0.2) is 8.07 Å². The highest BCUT2D eigenvalue weighted by Gasteiger charge is 2.54. The van der Waals surface area contributed by atoms with E-state index in [-0.39, 0.29) is 6.17 Å². The lowest BCUT2D eigenvalue weighted by Crippen LogP contribution is -2.72. The molecule has 0 amide bonds. The van der Waals surface area contributed by atoms with Gasteiger partial charge in [-0.3, -0.25) is 0 Å². The Balaban J connectivity index is 1.05. The molecule has 2 nitrogen and oxygen atoms in total. The molecule has 59 heavy (non-hydrogen) atoms. The Bertz CT molecular complexity index is 3120. The summed E-state index contributed by atoms with van der Waals surface area (Å²) in [6, 6.07) is 82.5. The van der Waals surface area contributed by atoms with E-state index < -0.39 is 13.5 Å². The van der Waals surface area contributed by atoms with Crippen molar-refractivity contribution in [2.75, 3.05) is 10.2 Å². The average molecular weight is 767 g/mol. The van der Waals surface area contributed by atoms with E-state index in [4.69, 9.17) is 0 Å². The lowest BCUT2D eigenvalue weighted by Gasteiger charge is -2.44. The van der Waals surface area contributed by atoms with Crippen molar-refractivity contribution >= 4 is 45.9 Å². The third kappa shape index (κ3) is 4.20. The minimum absolute atomic E-state index is 0.00923. The first-order valence-electron chi connectivity index (χ1n) is 20.7. The van der Waals surface area contributed by atoms with Crippen molar-refractivity contribution in [3.63, 3.8) is 0 Å². The fourth-order valence-electron chi connectivity index (χ4n) is 11.5. The van der Waals surface area contributed by atoms with Crippen molar-refractivity contribution in [3.05, 3.63) is 246 Å². The minimum Gasteiger partial charge on any atom is -0.359 e. The van der Waals surface area contributed by atoms with Gasteiger partial charge in [-0.15, -0.1) is 0 Å². The molecule has 2 unspecified atom stereocenters. The summed E-state index contributed by atoms with van der Waals surface area (Å²) >= 11 is 0. The SMILES string of the molecule is c1ccc(C2Nc3cccc4c3N2c2ccccc2C42c3ccccc3-c3ccc(-c4ccc5c(c4)-c4ccccc4[Si]5(c4ccccc4)c4ccccc4)cc32)cc1. The monoisotopic (exact) mass is 766 g/mol. The summed E-state index contributed by atoms with van der Waals surface area (Å²) in [7, 11) is -2.57. The molecule has 0 aromatic heterocycles. The van der Waals surface area contributed by atoms with E-state index in [9.17, 15) is 0 Å². The Morgan fingerprint density at radius 3 is 1.76 bits per heavy atom. The highest BCUT2D eigenvalue weighted by molar-refractivity contribution is 7.22. The fourth-order valence-corrected chi connectivity index (χ4v) is 16.7. The van der Waals surface area contributed by atoms with Gasteiger partial charge in [0, 0.05) is 5.69 Å². The van der Waals surface area contributed by atoms with Gasteiger partial charge >= 0.3 is 0 Å². The van der Waals surface area contributed by atoms with Gasteiger partial charge in [0.25, 0.3) is 0 Å². The topological polar surface area (TPSA) is 15.3 Å². The molecule has 9 aromatic carbocycles. The maximum absolute atomic E-state index is 3.96. The molecule has 1 spiro atoms. The van der Waals surface area contributed by atoms with Gasteiger partial charge in [0.05, 0.1) is 16.8 Å². The smallest absolute Gasteiger partial charge is 0.180 e. The van der Waals surface area contributed by atoms with Crippen LogP contribution in [0.15, 0.2) is 218 Å². The fraction of sp³-hybridized carbons (Fsp3) is 0.0357. The number of rotatable bonds is 4. The molecular formula is C56H38N2Si. The molecule has 1 N–H and O–H groups in total. The van der Waals surface area contributed by atoms with E-state index in [1.807, 2.05) is 0 Å². The molecule has 9 aromatic rings. The quantitative estimate of drug-likeness (QED) is 0.180. The average Bonchev–Trinajstić information content (AvgIpc) is 3.95. The summed E-state index contributed by atoms with van der Waals surface area (Å²) in [6.07, 6.45) is -0.00923. The second-order valence-electron chi connectivity index (χ2n) is 16.4. The molecule has 0 saturated heterocycles. The van der Waals surface area contributed by atoms with Crippen LogP contribution in [0.1, 0.15) is 34.0 Å². The summed E-state index contributed by atoms with van der Waals surface area (Å²) < 4.78 is 0. The molecule has 0 radical (unpaired) electrons. The van der Waals surface area contributed by atoms with Gasteiger partial charge < -0.3 is 10.2 Å². The van der Waals surface area contributed by atoms with Gasteiger partial charge in [0.1, 0.15) is 6.17 Å². The van der Waals surface area contributed by atoms with Gasteiger partial charge in [-0.25, -0.2) is 0 Å². The van der Waals surface area contributed by atoms with Crippen molar-refractivity contribution in [2.45, 2.75) is 11.6 Å². The summed E-state index contributed by atoms with van der Waals surface area (Å²) in [5.74, 6) is 0.